The third-order valence-electron chi connectivity index (χ3n) is 5.37. The van der Waals surface area contributed by atoms with Crippen molar-refractivity contribution in [3.8, 4) is 0 Å². The first-order valence-corrected chi connectivity index (χ1v) is 9.07. The number of carboxylic acid groups (broad SMARTS) is 1. The summed E-state index contributed by atoms with van der Waals surface area (Å²) in [6, 6.07) is 18.9. The van der Waals surface area contributed by atoms with Crippen molar-refractivity contribution in [2.45, 2.75) is 38.2 Å². The highest BCUT2D eigenvalue weighted by Crippen LogP contribution is 2.58. The number of carboxylic acids is 1. The highest BCUT2D eigenvalue weighted by molar-refractivity contribution is 5.84. The molecule has 26 heavy (non-hydrogen) atoms. The van der Waals surface area contributed by atoms with Gasteiger partial charge in [0.05, 0.1) is 17.9 Å². The van der Waals surface area contributed by atoms with Crippen LogP contribution in [0.25, 0.3) is 0 Å². The van der Waals surface area contributed by atoms with Gasteiger partial charge in [-0.1, -0.05) is 67.6 Å². The van der Waals surface area contributed by atoms with Crippen molar-refractivity contribution < 1.29 is 19.4 Å². The van der Waals surface area contributed by atoms with E-state index in [0.717, 1.165) is 17.5 Å². The third kappa shape index (κ3) is 3.36. The summed E-state index contributed by atoms with van der Waals surface area (Å²) in [7, 11) is 0. The van der Waals surface area contributed by atoms with Crippen LogP contribution in [0.4, 0.5) is 0 Å². The number of rotatable bonds is 6. The van der Waals surface area contributed by atoms with Crippen molar-refractivity contribution in [1.29, 1.82) is 0 Å². The maximum absolute atomic E-state index is 12.9. The molecular weight excluding hydrogens is 328 g/mol. The molecule has 1 saturated carbocycles. The fraction of sp³-hybridized carbons (Fsp3) is 0.364. The number of hydrogen-bond acceptors (Lipinski definition) is 3. The summed E-state index contributed by atoms with van der Waals surface area (Å²) >= 11 is 0. The number of aliphatic carboxylic acids is 1. The zero-order chi connectivity index (χ0) is 18.7. The van der Waals surface area contributed by atoms with Crippen molar-refractivity contribution in [3.05, 3.63) is 71.8 Å². The van der Waals surface area contributed by atoms with Crippen LogP contribution in [-0.2, 0) is 14.3 Å². The molecule has 1 aliphatic rings. The van der Waals surface area contributed by atoms with Crippen molar-refractivity contribution in [3.63, 3.8) is 0 Å². The van der Waals surface area contributed by atoms with Gasteiger partial charge in [0.25, 0.3) is 0 Å². The van der Waals surface area contributed by atoms with Gasteiger partial charge in [0.15, 0.2) is 0 Å². The van der Waals surface area contributed by atoms with Crippen molar-refractivity contribution in [2.75, 3.05) is 0 Å². The molecule has 0 radical (unpaired) electrons. The smallest absolute Gasteiger partial charge is 0.310 e. The van der Waals surface area contributed by atoms with E-state index in [1.54, 1.807) is 0 Å². The van der Waals surface area contributed by atoms with Crippen LogP contribution < -0.4 is 0 Å². The monoisotopic (exact) mass is 352 g/mol. The molecule has 3 atom stereocenters. The van der Waals surface area contributed by atoms with Crippen LogP contribution >= 0.6 is 0 Å². The summed E-state index contributed by atoms with van der Waals surface area (Å²) in [5, 5.41) is 9.87. The van der Waals surface area contributed by atoms with Crippen LogP contribution in [0.1, 0.15) is 43.2 Å². The lowest BCUT2D eigenvalue weighted by Gasteiger charge is -2.49. The second-order valence-electron chi connectivity index (χ2n) is 6.92. The Kier molecular flexibility index (Phi) is 5.40. The number of benzene rings is 2. The maximum atomic E-state index is 12.9. The van der Waals surface area contributed by atoms with Crippen molar-refractivity contribution >= 4 is 11.9 Å². The van der Waals surface area contributed by atoms with E-state index in [9.17, 15) is 14.7 Å². The van der Waals surface area contributed by atoms with E-state index >= 15 is 0 Å². The van der Waals surface area contributed by atoms with E-state index in [-0.39, 0.29) is 23.9 Å². The van der Waals surface area contributed by atoms with E-state index in [1.165, 1.54) is 0 Å². The normalized spacial score (nSPS) is 25.8. The lowest BCUT2D eigenvalue weighted by atomic mass is 9.52. The molecule has 0 aliphatic heterocycles. The Morgan fingerprint density at radius 1 is 0.923 bits per heavy atom. The van der Waals surface area contributed by atoms with Crippen LogP contribution in [0.3, 0.4) is 0 Å². The van der Waals surface area contributed by atoms with Gasteiger partial charge in [-0.3, -0.25) is 9.59 Å². The SMILES string of the molecule is CCC(C)OC(=O)C1C(c2ccccc2)C(C(=O)O)C1c1ccccc1. The lowest BCUT2D eigenvalue weighted by molar-refractivity contribution is -0.167. The Hall–Kier alpha value is -2.62. The standard InChI is InChI=1S/C22H24O4/c1-3-14(2)26-22(25)20-17(15-10-6-4-7-11-15)19(21(23)24)18(20)16-12-8-5-9-13-16/h4-14,17-20H,3H2,1-2H3,(H,23,24). The molecule has 0 bridgehead atoms. The number of carbonyl (C=O) groups is 2. The summed E-state index contributed by atoms with van der Waals surface area (Å²) in [5.41, 5.74) is 1.75. The first-order chi connectivity index (χ1) is 12.5. The summed E-state index contributed by atoms with van der Waals surface area (Å²) in [6.07, 6.45) is 0.548. The topological polar surface area (TPSA) is 63.6 Å². The predicted octanol–water partition coefficient (Wildman–Crippen LogP) is 4.23. The van der Waals surface area contributed by atoms with Gasteiger partial charge >= 0.3 is 11.9 Å². The highest BCUT2D eigenvalue weighted by Gasteiger charge is 2.59. The average molecular weight is 352 g/mol. The molecule has 0 saturated heterocycles. The summed E-state index contributed by atoms with van der Waals surface area (Å²) in [4.78, 5) is 25.0. The number of esters is 1. The molecule has 136 valence electrons. The zero-order valence-corrected chi connectivity index (χ0v) is 15.0. The van der Waals surface area contributed by atoms with E-state index in [4.69, 9.17) is 4.74 Å². The Labute approximate surface area is 153 Å². The van der Waals surface area contributed by atoms with E-state index in [2.05, 4.69) is 0 Å². The first kappa shape index (κ1) is 18.2. The van der Waals surface area contributed by atoms with Gasteiger partial charge in [-0.05, 0) is 24.5 Å². The summed E-state index contributed by atoms with van der Waals surface area (Å²) < 4.78 is 5.60. The van der Waals surface area contributed by atoms with Gasteiger partial charge in [-0.15, -0.1) is 0 Å². The van der Waals surface area contributed by atoms with Gasteiger partial charge in [-0.2, -0.15) is 0 Å². The van der Waals surface area contributed by atoms with Gasteiger partial charge in [0.1, 0.15) is 0 Å². The molecule has 2 aromatic rings. The Morgan fingerprint density at radius 3 is 1.77 bits per heavy atom. The molecule has 1 aliphatic carbocycles. The fourth-order valence-electron chi connectivity index (χ4n) is 3.89. The minimum Gasteiger partial charge on any atom is -0.481 e. The molecule has 4 heteroatoms. The van der Waals surface area contributed by atoms with Crippen molar-refractivity contribution in [2.24, 2.45) is 11.8 Å². The zero-order valence-electron chi connectivity index (χ0n) is 15.0. The Bertz CT molecular complexity index is 709. The van der Waals surface area contributed by atoms with Gasteiger partial charge in [0.2, 0.25) is 0 Å². The Balaban J connectivity index is 2.00. The maximum Gasteiger partial charge on any atom is 0.310 e. The minimum absolute atomic E-state index is 0.181. The molecule has 3 unspecified atom stereocenters. The van der Waals surface area contributed by atoms with Crippen LogP contribution in [0.2, 0.25) is 0 Å². The quantitative estimate of drug-likeness (QED) is 0.791. The summed E-state index contributed by atoms with van der Waals surface area (Å²) in [5.74, 6) is -3.07. The van der Waals surface area contributed by atoms with E-state index in [0.29, 0.717) is 0 Å². The first-order valence-electron chi connectivity index (χ1n) is 9.07. The minimum atomic E-state index is -0.875. The number of hydrogen-bond donors (Lipinski definition) is 1. The molecule has 2 aromatic carbocycles. The van der Waals surface area contributed by atoms with Gasteiger partial charge < -0.3 is 9.84 Å². The second-order valence-corrected chi connectivity index (χ2v) is 6.92. The molecule has 0 aromatic heterocycles. The van der Waals surface area contributed by atoms with E-state index < -0.39 is 17.8 Å². The van der Waals surface area contributed by atoms with Gasteiger partial charge in [-0.25, -0.2) is 0 Å². The largest absolute Gasteiger partial charge is 0.481 e. The number of ether oxygens (including phenoxy) is 1. The summed E-state index contributed by atoms with van der Waals surface area (Å²) in [6.45, 7) is 3.82. The molecule has 1 N–H and O–H groups in total. The highest BCUT2D eigenvalue weighted by atomic mass is 16.5. The molecule has 0 heterocycles. The molecule has 3 rings (SSSR count). The molecule has 0 spiro atoms. The molecule has 0 amide bonds. The average Bonchev–Trinajstić information content (AvgIpc) is 2.62. The van der Waals surface area contributed by atoms with E-state index in [1.807, 2.05) is 74.5 Å². The molecular formula is C22H24O4. The fourth-order valence-corrected chi connectivity index (χ4v) is 3.89. The lowest BCUT2D eigenvalue weighted by Crippen LogP contribution is -2.51. The van der Waals surface area contributed by atoms with Crippen LogP contribution in [-0.4, -0.2) is 23.1 Å². The molecule has 4 nitrogen and oxygen atoms in total. The van der Waals surface area contributed by atoms with Crippen LogP contribution in [0.15, 0.2) is 60.7 Å². The number of carbonyl (C=O) groups excluding carboxylic acids is 1. The van der Waals surface area contributed by atoms with Crippen LogP contribution in [0, 0.1) is 11.8 Å². The van der Waals surface area contributed by atoms with Gasteiger partial charge in [0, 0.05) is 11.8 Å². The Morgan fingerprint density at radius 2 is 1.38 bits per heavy atom. The van der Waals surface area contributed by atoms with Crippen LogP contribution in [0.5, 0.6) is 0 Å². The second kappa shape index (κ2) is 7.73. The third-order valence-corrected chi connectivity index (χ3v) is 5.37. The predicted molar refractivity (Wildman–Crippen MR) is 98.8 cm³/mol. The molecule has 1 fully saturated rings. The van der Waals surface area contributed by atoms with Crippen molar-refractivity contribution in [1.82, 2.24) is 0 Å².